The van der Waals surface area contributed by atoms with Crippen LogP contribution in [0.2, 0.25) is 0 Å². The van der Waals surface area contributed by atoms with Crippen LogP contribution in [0.1, 0.15) is 43.1 Å². The van der Waals surface area contributed by atoms with Gasteiger partial charge in [0, 0.05) is 35.6 Å². The van der Waals surface area contributed by atoms with Crippen molar-refractivity contribution in [3.05, 3.63) is 33.7 Å². The summed E-state index contributed by atoms with van der Waals surface area (Å²) in [6.45, 7) is 4.03. The molecule has 0 atom stereocenters. The van der Waals surface area contributed by atoms with Crippen LogP contribution in [0.25, 0.3) is 0 Å². The van der Waals surface area contributed by atoms with Crippen molar-refractivity contribution in [2.24, 2.45) is 5.73 Å². The number of hydrogen-bond donors (Lipinski definition) is 1. The molecule has 0 bridgehead atoms. The van der Waals surface area contributed by atoms with E-state index in [0.29, 0.717) is 12.1 Å². The predicted molar refractivity (Wildman–Crippen MR) is 65.7 cm³/mol. The molecule has 0 aromatic carbocycles. The van der Waals surface area contributed by atoms with Gasteiger partial charge in [0.25, 0.3) is 0 Å². The first-order valence-corrected chi connectivity index (χ1v) is 6.03. The molecule has 1 aromatic rings. The standard InChI is InChI=1S/C13H20N2O/c1-9-7-13(16)8-10(2)15(9)12-5-3-11(14)4-6-12/h7-8,11-12H,3-6,14H2,1-2H3. The van der Waals surface area contributed by atoms with Crippen LogP contribution in [-0.4, -0.2) is 10.6 Å². The fourth-order valence-electron chi connectivity index (χ4n) is 2.81. The molecule has 0 amide bonds. The first-order valence-electron chi connectivity index (χ1n) is 6.03. The van der Waals surface area contributed by atoms with E-state index >= 15 is 0 Å². The molecule has 0 aliphatic heterocycles. The molecule has 0 unspecified atom stereocenters. The fraction of sp³-hybridized carbons (Fsp3) is 0.615. The average molecular weight is 220 g/mol. The minimum absolute atomic E-state index is 0.110. The van der Waals surface area contributed by atoms with Crippen molar-refractivity contribution in [2.45, 2.75) is 51.6 Å². The highest BCUT2D eigenvalue weighted by Crippen LogP contribution is 2.29. The van der Waals surface area contributed by atoms with E-state index in [-0.39, 0.29) is 5.43 Å². The van der Waals surface area contributed by atoms with E-state index in [9.17, 15) is 4.79 Å². The Morgan fingerprint density at radius 3 is 2.12 bits per heavy atom. The fourth-order valence-corrected chi connectivity index (χ4v) is 2.81. The van der Waals surface area contributed by atoms with Crippen molar-refractivity contribution in [3.8, 4) is 0 Å². The van der Waals surface area contributed by atoms with Gasteiger partial charge in [-0.3, -0.25) is 4.79 Å². The summed E-state index contributed by atoms with van der Waals surface area (Å²) in [7, 11) is 0. The third-order valence-corrected chi connectivity index (χ3v) is 3.57. The normalized spacial score (nSPS) is 25.7. The maximum absolute atomic E-state index is 11.4. The van der Waals surface area contributed by atoms with Crippen LogP contribution < -0.4 is 11.2 Å². The van der Waals surface area contributed by atoms with Gasteiger partial charge >= 0.3 is 0 Å². The maximum Gasteiger partial charge on any atom is 0.182 e. The van der Waals surface area contributed by atoms with Crippen LogP contribution in [-0.2, 0) is 0 Å². The second kappa shape index (κ2) is 4.42. The van der Waals surface area contributed by atoms with Crippen LogP contribution >= 0.6 is 0 Å². The molecular weight excluding hydrogens is 200 g/mol. The quantitative estimate of drug-likeness (QED) is 0.786. The van der Waals surface area contributed by atoms with E-state index in [1.54, 1.807) is 12.1 Å². The van der Waals surface area contributed by atoms with Crippen LogP contribution in [0.5, 0.6) is 0 Å². The number of nitrogens with zero attached hydrogens (tertiary/aromatic N) is 1. The molecule has 0 spiro atoms. The van der Waals surface area contributed by atoms with Crippen molar-refractivity contribution in [2.75, 3.05) is 0 Å². The van der Waals surface area contributed by atoms with Gasteiger partial charge in [0.1, 0.15) is 0 Å². The van der Waals surface area contributed by atoms with Gasteiger partial charge in [0.15, 0.2) is 5.43 Å². The lowest BCUT2D eigenvalue weighted by Gasteiger charge is -2.31. The lowest BCUT2D eigenvalue weighted by Crippen LogP contribution is -2.29. The van der Waals surface area contributed by atoms with Gasteiger partial charge in [0.05, 0.1) is 0 Å². The van der Waals surface area contributed by atoms with Crippen molar-refractivity contribution in [3.63, 3.8) is 0 Å². The predicted octanol–water partition coefficient (Wildman–Crippen LogP) is 1.91. The van der Waals surface area contributed by atoms with Crippen molar-refractivity contribution >= 4 is 0 Å². The van der Waals surface area contributed by atoms with Gasteiger partial charge in [-0.2, -0.15) is 0 Å². The van der Waals surface area contributed by atoms with Crippen LogP contribution in [0.3, 0.4) is 0 Å². The van der Waals surface area contributed by atoms with Crippen molar-refractivity contribution in [1.29, 1.82) is 0 Å². The molecule has 0 saturated heterocycles. The van der Waals surface area contributed by atoms with Gasteiger partial charge < -0.3 is 10.3 Å². The Bertz CT molecular complexity index is 402. The molecule has 3 nitrogen and oxygen atoms in total. The lowest BCUT2D eigenvalue weighted by atomic mass is 9.91. The molecule has 1 saturated carbocycles. The van der Waals surface area contributed by atoms with Gasteiger partial charge in [-0.15, -0.1) is 0 Å². The van der Waals surface area contributed by atoms with E-state index in [0.717, 1.165) is 37.1 Å². The first kappa shape index (κ1) is 11.4. The molecule has 1 aliphatic rings. The minimum atomic E-state index is 0.110. The zero-order valence-corrected chi connectivity index (χ0v) is 10.1. The second-order valence-corrected chi connectivity index (χ2v) is 4.91. The Morgan fingerprint density at radius 2 is 1.62 bits per heavy atom. The molecule has 16 heavy (non-hydrogen) atoms. The smallest absolute Gasteiger partial charge is 0.182 e. The van der Waals surface area contributed by atoms with Gasteiger partial charge in [-0.1, -0.05) is 0 Å². The van der Waals surface area contributed by atoms with Crippen molar-refractivity contribution < 1.29 is 0 Å². The van der Waals surface area contributed by atoms with Gasteiger partial charge in [-0.25, -0.2) is 0 Å². The Morgan fingerprint density at radius 1 is 1.12 bits per heavy atom. The summed E-state index contributed by atoms with van der Waals surface area (Å²) in [6, 6.07) is 4.35. The van der Waals surface area contributed by atoms with Crippen LogP contribution in [0.15, 0.2) is 16.9 Å². The monoisotopic (exact) mass is 220 g/mol. The molecule has 3 heteroatoms. The first-order chi connectivity index (χ1) is 7.58. The number of rotatable bonds is 1. The van der Waals surface area contributed by atoms with Gasteiger partial charge in [-0.05, 0) is 39.5 Å². The Labute approximate surface area is 96.3 Å². The van der Waals surface area contributed by atoms with Gasteiger partial charge in [0.2, 0.25) is 0 Å². The molecule has 1 fully saturated rings. The number of hydrogen-bond acceptors (Lipinski definition) is 2. The molecule has 1 aliphatic carbocycles. The number of nitrogens with two attached hydrogens (primary N) is 1. The van der Waals surface area contributed by atoms with E-state index in [4.69, 9.17) is 5.73 Å². The average Bonchev–Trinajstić information content (AvgIpc) is 2.19. The second-order valence-electron chi connectivity index (χ2n) is 4.91. The summed E-state index contributed by atoms with van der Waals surface area (Å²) in [5.41, 5.74) is 8.17. The molecule has 1 heterocycles. The maximum atomic E-state index is 11.4. The zero-order valence-electron chi connectivity index (χ0n) is 10.1. The SMILES string of the molecule is Cc1cc(=O)cc(C)n1C1CCC(N)CC1. The molecule has 2 rings (SSSR count). The summed E-state index contributed by atoms with van der Waals surface area (Å²) in [6.07, 6.45) is 4.45. The molecule has 0 radical (unpaired) electrons. The van der Waals surface area contributed by atoms with E-state index < -0.39 is 0 Å². The third-order valence-electron chi connectivity index (χ3n) is 3.57. The number of aromatic nitrogens is 1. The van der Waals surface area contributed by atoms with Crippen molar-refractivity contribution in [1.82, 2.24) is 4.57 Å². The highest BCUT2D eigenvalue weighted by molar-refractivity contribution is 5.14. The zero-order chi connectivity index (χ0) is 11.7. The highest BCUT2D eigenvalue weighted by Gasteiger charge is 2.21. The summed E-state index contributed by atoms with van der Waals surface area (Å²) in [4.78, 5) is 11.4. The minimum Gasteiger partial charge on any atom is -0.346 e. The molecule has 88 valence electrons. The topological polar surface area (TPSA) is 48.0 Å². The summed E-state index contributed by atoms with van der Waals surface area (Å²) in [5, 5.41) is 0. The summed E-state index contributed by atoms with van der Waals surface area (Å²) < 4.78 is 2.30. The van der Waals surface area contributed by atoms with E-state index in [1.807, 2.05) is 13.8 Å². The Balaban J connectivity index is 2.30. The summed E-state index contributed by atoms with van der Waals surface area (Å²) >= 11 is 0. The largest absolute Gasteiger partial charge is 0.346 e. The number of pyridine rings is 1. The Hall–Kier alpha value is -1.09. The molecule has 1 aromatic heterocycles. The third kappa shape index (κ3) is 2.19. The molecular formula is C13H20N2O. The lowest BCUT2D eigenvalue weighted by molar-refractivity contribution is 0.315. The highest BCUT2D eigenvalue weighted by atomic mass is 16.1. The van der Waals surface area contributed by atoms with Crippen LogP contribution in [0, 0.1) is 13.8 Å². The molecule has 2 N–H and O–H groups in total. The number of aryl methyl sites for hydroxylation is 2. The van der Waals surface area contributed by atoms with E-state index in [2.05, 4.69) is 4.57 Å². The Kier molecular flexibility index (Phi) is 3.15. The van der Waals surface area contributed by atoms with E-state index in [1.165, 1.54) is 0 Å². The van der Waals surface area contributed by atoms with Crippen LogP contribution in [0.4, 0.5) is 0 Å². The summed E-state index contributed by atoms with van der Waals surface area (Å²) in [5.74, 6) is 0.